The fourth-order valence-corrected chi connectivity index (χ4v) is 2.99. The molecule has 17 heavy (non-hydrogen) atoms. The first kappa shape index (κ1) is 12.9. The van der Waals surface area contributed by atoms with Crippen LogP contribution in [0.25, 0.3) is 6.08 Å². The lowest BCUT2D eigenvalue weighted by Gasteiger charge is -2.04. The van der Waals surface area contributed by atoms with Crippen LogP contribution >= 0.6 is 47.2 Å². The number of benzene rings is 1. The van der Waals surface area contributed by atoms with Crippen molar-refractivity contribution in [3.05, 3.63) is 38.7 Å². The van der Waals surface area contributed by atoms with Crippen molar-refractivity contribution >= 4 is 63.5 Å². The Morgan fingerprint density at radius 3 is 2.41 bits per heavy atom. The molecule has 2 nitrogen and oxygen atoms in total. The molecule has 0 N–H and O–H groups in total. The van der Waals surface area contributed by atoms with Gasteiger partial charge in [0.25, 0.3) is 5.91 Å². The molecule has 6 heteroatoms. The Kier molecular flexibility index (Phi) is 3.78. The molecule has 0 radical (unpaired) electrons. The lowest BCUT2D eigenvalue weighted by atomic mass is 10.2. The smallest absolute Gasteiger partial charge is 0.265 e. The Hall–Kier alpha value is -0.550. The molecule has 0 unspecified atom stereocenters. The van der Waals surface area contributed by atoms with Crippen LogP contribution in [-0.4, -0.2) is 22.2 Å². The summed E-state index contributed by atoms with van der Waals surface area (Å²) in [5, 5.41) is 1.03. The summed E-state index contributed by atoms with van der Waals surface area (Å²) >= 11 is 18.3. The molecule has 0 aliphatic carbocycles. The number of hydrogen-bond acceptors (Lipinski definition) is 3. The number of likely N-dealkylation sites (N-methyl/N-ethyl adjacent to an activating group) is 1. The number of thiocarbonyl (C=S) groups is 1. The topological polar surface area (TPSA) is 20.3 Å². The Labute approximate surface area is 119 Å². The predicted molar refractivity (Wildman–Crippen MR) is 77.4 cm³/mol. The minimum atomic E-state index is -0.129. The summed E-state index contributed by atoms with van der Waals surface area (Å²) in [6, 6.07) is 5.21. The normalized spacial score (nSPS) is 18.3. The van der Waals surface area contributed by atoms with E-state index in [-0.39, 0.29) is 5.91 Å². The van der Waals surface area contributed by atoms with E-state index >= 15 is 0 Å². The monoisotopic (exact) mass is 303 g/mol. The summed E-state index contributed by atoms with van der Waals surface area (Å²) in [6.45, 7) is 0. The molecule has 88 valence electrons. The maximum atomic E-state index is 11.8. The van der Waals surface area contributed by atoms with E-state index in [9.17, 15) is 4.79 Å². The number of carbonyl (C=O) groups is 1. The minimum absolute atomic E-state index is 0.129. The van der Waals surface area contributed by atoms with E-state index in [1.54, 1.807) is 31.3 Å². The molecule has 0 aromatic heterocycles. The van der Waals surface area contributed by atoms with E-state index in [0.717, 1.165) is 0 Å². The zero-order valence-corrected chi connectivity index (χ0v) is 11.9. The zero-order chi connectivity index (χ0) is 12.6. The molecule has 1 amide bonds. The van der Waals surface area contributed by atoms with Gasteiger partial charge in [-0.15, -0.1) is 0 Å². The molecule has 0 atom stereocenters. The third-order valence-electron chi connectivity index (χ3n) is 2.26. The molecular formula is C11H7Cl2NOS2. The van der Waals surface area contributed by atoms with Crippen molar-refractivity contribution in [2.24, 2.45) is 0 Å². The van der Waals surface area contributed by atoms with Crippen molar-refractivity contribution < 1.29 is 4.79 Å². The van der Waals surface area contributed by atoms with E-state index in [2.05, 4.69) is 0 Å². The van der Waals surface area contributed by atoms with Gasteiger partial charge in [-0.05, 0) is 18.2 Å². The SMILES string of the molecule is CN1C(=O)/C(=C\c2c(Cl)cccc2Cl)SC1=S. The highest BCUT2D eigenvalue weighted by Crippen LogP contribution is 2.34. The highest BCUT2D eigenvalue weighted by atomic mass is 35.5. The van der Waals surface area contributed by atoms with Gasteiger partial charge in [-0.25, -0.2) is 0 Å². The van der Waals surface area contributed by atoms with Gasteiger partial charge in [0, 0.05) is 22.7 Å². The van der Waals surface area contributed by atoms with Crippen molar-refractivity contribution in [1.82, 2.24) is 4.90 Å². The third kappa shape index (κ3) is 2.50. The van der Waals surface area contributed by atoms with E-state index in [4.69, 9.17) is 35.4 Å². The van der Waals surface area contributed by atoms with E-state index in [1.165, 1.54) is 16.7 Å². The number of amides is 1. The summed E-state index contributed by atoms with van der Waals surface area (Å²) in [5.74, 6) is -0.129. The maximum Gasteiger partial charge on any atom is 0.265 e. The largest absolute Gasteiger partial charge is 0.296 e. The molecule has 0 bridgehead atoms. The zero-order valence-electron chi connectivity index (χ0n) is 8.74. The summed E-state index contributed by atoms with van der Waals surface area (Å²) in [6.07, 6.45) is 1.67. The second-order valence-corrected chi connectivity index (χ2v) is 5.87. The third-order valence-corrected chi connectivity index (χ3v) is 4.41. The Balaban J connectivity index is 2.44. The maximum absolute atomic E-state index is 11.8. The van der Waals surface area contributed by atoms with Gasteiger partial charge in [0.15, 0.2) is 0 Å². The summed E-state index contributed by atoms with van der Waals surface area (Å²) in [5.41, 5.74) is 0.643. The Bertz CT molecular complexity index is 522. The predicted octanol–water partition coefficient (Wildman–Crippen LogP) is 3.82. The second-order valence-electron chi connectivity index (χ2n) is 3.38. The molecule has 1 saturated heterocycles. The van der Waals surface area contributed by atoms with Crippen molar-refractivity contribution in [3.8, 4) is 0 Å². The van der Waals surface area contributed by atoms with Crippen LogP contribution in [0.1, 0.15) is 5.56 Å². The standard InChI is InChI=1S/C11H7Cl2NOS2/c1-14-10(15)9(17-11(14)16)5-6-7(12)3-2-4-8(6)13/h2-5H,1H3/b9-5+. The van der Waals surface area contributed by atoms with Gasteiger partial charge in [-0.1, -0.05) is 53.2 Å². The van der Waals surface area contributed by atoms with Gasteiger partial charge < -0.3 is 0 Å². The average Bonchev–Trinajstić information content (AvgIpc) is 2.52. The summed E-state index contributed by atoms with van der Waals surface area (Å²) < 4.78 is 0.532. The molecule has 1 fully saturated rings. The van der Waals surface area contributed by atoms with Crippen LogP contribution in [0.2, 0.25) is 10.0 Å². The number of rotatable bonds is 1. The first-order valence-electron chi connectivity index (χ1n) is 4.66. The van der Waals surface area contributed by atoms with Gasteiger partial charge in [-0.3, -0.25) is 9.69 Å². The van der Waals surface area contributed by atoms with Crippen LogP contribution in [0.4, 0.5) is 0 Å². The minimum Gasteiger partial charge on any atom is -0.296 e. The lowest BCUT2D eigenvalue weighted by molar-refractivity contribution is -0.121. The van der Waals surface area contributed by atoms with Crippen molar-refractivity contribution in [1.29, 1.82) is 0 Å². The van der Waals surface area contributed by atoms with Crippen molar-refractivity contribution in [2.45, 2.75) is 0 Å². The number of carbonyl (C=O) groups excluding carboxylic acids is 1. The number of hydrogen-bond donors (Lipinski definition) is 0. The lowest BCUT2D eigenvalue weighted by Crippen LogP contribution is -2.22. The Morgan fingerprint density at radius 2 is 1.94 bits per heavy atom. The number of thioether (sulfide) groups is 1. The van der Waals surface area contributed by atoms with Gasteiger partial charge in [0.05, 0.1) is 4.91 Å². The van der Waals surface area contributed by atoms with Crippen molar-refractivity contribution in [3.63, 3.8) is 0 Å². The quantitative estimate of drug-likeness (QED) is 0.581. The first-order chi connectivity index (χ1) is 8.00. The molecule has 2 rings (SSSR count). The molecule has 1 aliphatic rings. The fraction of sp³-hybridized carbons (Fsp3) is 0.0909. The summed E-state index contributed by atoms with van der Waals surface area (Å²) in [4.78, 5) is 13.8. The van der Waals surface area contributed by atoms with E-state index in [0.29, 0.717) is 24.8 Å². The highest BCUT2D eigenvalue weighted by molar-refractivity contribution is 8.26. The van der Waals surface area contributed by atoms with Crippen molar-refractivity contribution in [2.75, 3.05) is 7.05 Å². The molecule has 1 heterocycles. The molecule has 0 spiro atoms. The van der Waals surface area contributed by atoms with Gasteiger partial charge in [0.1, 0.15) is 4.32 Å². The molecule has 1 aromatic rings. The summed E-state index contributed by atoms with van der Waals surface area (Å²) in [7, 11) is 1.65. The van der Waals surface area contributed by atoms with Crippen LogP contribution in [0.5, 0.6) is 0 Å². The van der Waals surface area contributed by atoms with E-state index < -0.39 is 0 Å². The molecule has 1 aliphatic heterocycles. The molecule has 1 aromatic carbocycles. The average molecular weight is 304 g/mol. The first-order valence-corrected chi connectivity index (χ1v) is 6.64. The fourth-order valence-electron chi connectivity index (χ4n) is 1.33. The van der Waals surface area contributed by atoms with E-state index in [1.807, 2.05) is 0 Å². The van der Waals surface area contributed by atoms with Gasteiger partial charge >= 0.3 is 0 Å². The van der Waals surface area contributed by atoms with Crippen LogP contribution in [0.3, 0.4) is 0 Å². The van der Waals surface area contributed by atoms with Crippen LogP contribution in [-0.2, 0) is 4.79 Å². The Morgan fingerprint density at radius 1 is 1.35 bits per heavy atom. The van der Waals surface area contributed by atoms with Gasteiger partial charge in [0.2, 0.25) is 0 Å². The number of nitrogens with zero attached hydrogens (tertiary/aromatic N) is 1. The second kappa shape index (κ2) is 4.98. The van der Waals surface area contributed by atoms with Gasteiger partial charge in [-0.2, -0.15) is 0 Å². The van der Waals surface area contributed by atoms with Crippen LogP contribution in [0.15, 0.2) is 23.1 Å². The van der Waals surface area contributed by atoms with Crippen LogP contribution < -0.4 is 0 Å². The van der Waals surface area contributed by atoms with Crippen LogP contribution in [0, 0.1) is 0 Å². The molecule has 0 saturated carbocycles. The highest BCUT2D eigenvalue weighted by Gasteiger charge is 2.29. The molecular weight excluding hydrogens is 297 g/mol. The number of halogens is 2.